The molecule has 3 rings (SSSR count). The van der Waals surface area contributed by atoms with Crippen LogP contribution in [-0.4, -0.2) is 21.9 Å². The van der Waals surface area contributed by atoms with Crippen LogP contribution >= 0.6 is 0 Å². The summed E-state index contributed by atoms with van der Waals surface area (Å²) in [6.07, 6.45) is 0. The van der Waals surface area contributed by atoms with Crippen LogP contribution in [0.15, 0.2) is 80.5 Å². The van der Waals surface area contributed by atoms with Crippen LogP contribution in [-0.2, 0) is 19.7 Å². The minimum atomic E-state index is -4.14. The lowest BCUT2D eigenvalue weighted by molar-refractivity contribution is -0.711. The zero-order valence-corrected chi connectivity index (χ0v) is 16.2. The van der Waals surface area contributed by atoms with Crippen LogP contribution in [0.3, 0.4) is 0 Å². The van der Waals surface area contributed by atoms with Crippen molar-refractivity contribution in [3.63, 3.8) is 0 Å². The van der Waals surface area contributed by atoms with Gasteiger partial charge in [-0.2, -0.15) is 0 Å². The van der Waals surface area contributed by atoms with Gasteiger partial charge in [0.25, 0.3) is 9.84 Å². The lowest BCUT2D eigenvalue weighted by Crippen LogP contribution is -2.39. The summed E-state index contributed by atoms with van der Waals surface area (Å²) in [7, 11) is -8.20. The van der Waals surface area contributed by atoms with Gasteiger partial charge in [0, 0.05) is 11.2 Å². The molecule has 0 saturated carbocycles. The van der Waals surface area contributed by atoms with Crippen molar-refractivity contribution >= 4 is 19.7 Å². The highest BCUT2D eigenvalue weighted by Crippen LogP contribution is 2.24. The van der Waals surface area contributed by atoms with E-state index in [1.807, 2.05) is 0 Å². The van der Waals surface area contributed by atoms with Gasteiger partial charge in [0.2, 0.25) is 14.9 Å². The lowest BCUT2D eigenvalue weighted by Gasteiger charge is -2.09. The van der Waals surface area contributed by atoms with E-state index in [0.29, 0.717) is 11.1 Å². The van der Waals surface area contributed by atoms with E-state index in [-0.39, 0.29) is 14.6 Å². The Bertz CT molecular complexity index is 1240. The van der Waals surface area contributed by atoms with Gasteiger partial charge in [-0.1, -0.05) is 36.4 Å². The molecule has 9 heteroatoms. The standard InChI is InChI=1S/C18H16N2O5S2/c1-13-7-3-5-9-15(13)26(22,23)17-11-12-18(20(21)19-17)27(24,25)16-10-6-4-8-14(16)2/h3-12H,1-2H3. The molecule has 27 heavy (non-hydrogen) atoms. The first kappa shape index (κ1) is 19.0. The molecule has 3 aromatic rings. The van der Waals surface area contributed by atoms with Gasteiger partial charge in [0.1, 0.15) is 0 Å². The molecule has 0 aliphatic carbocycles. The zero-order valence-electron chi connectivity index (χ0n) is 14.5. The average molecular weight is 404 g/mol. The van der Waals surface area contributed by atoms with Crippen molar-refractivity contribution in [2.75, 3.05) is 0 Å². The Balaban J connectivity index is 2.13. The summed E-state index contributed by atoms with van der Waals surface area (Å²) in [6.45, 7) is 3.22. The van der Waals surface area contributed by atoms with Crippen molar-refractivity contribution in [3.05, 3.63) is 77.0 Å². The molecule has 0 saturated heterocycles. The van der Waals surface area contributed by atoms with E-state index < -0.39 is 29.7 Å². The van der Waals surface area contributed by atoms with Gasteiger partial charge >= 0.3 is 5.03 Å². The third kappa shape index (κ3) is 3.31. The maximum absolute atomic E-state index is 12.8. The highest BCUT2D eigenvalue weighted by atomic mass is 32.2. The SMILES string of the molecule is Cc1ccccc1S(=O)(=O)c1ccc(S(=O)(=O)c2ccccc2C)[n+]([O-])n1. The molecule has 0 N–H and O–H groups in total. The Morgan fingerprint density at radius 2 is 1.22 bits per heavy atom. The number of sulfone groups is 2. The largest absolute Gasteiger partial charge is 0.593 e. The average Bonchev–Trinajstić information content (AvgIpc) is 2.61. The third-order valence-electron chi connectivity index (χ3n) is 4.06. The lowest BCUT2D eigenvalue weighted by atomic mass is 10.2. The van der Waals surface area contributed by atoms with Gasteiger partial charge in [-0.15, -0.1) is 0 Å². The summed E-state index contributed by atoms with van der Waals surface area (Å²) < 4.78 is 51.0. The van der Waals surface area contributed by atoms with Crippen LogP contribution in [0.25, 0.3) is 0 Å². The number of benzene rings is 2. The van der Waals surface area contributed by atoms with Crippen molar-refractivity contribution in [1.29, 1.82) is 0 Å². The molecule has 140 valence electrons. The minimum absolute atomic E-state index is 0.00649. The molecule has 0 amide bonds. The van der Waals surface area contributed by atoms with Crippen LogP contribution in [0.4, 0.5) is 0 Å². The Hall–Kier alpha value is -2.78. The maximum Gasteiger partial charge on any atom is 0.339 e. The predicted molar refractivity (Wildman–Crippen MR) is 96.5 cm³/mol. The maximum atomic E-state index is 12.8. The number of aromatic nitrogens is 2. The quantitative estimate of drug-likeness (QED) is 0.486. The van der Waals surface area contributed by atoms with E-state index in [4.69, 9.17) is 0 Å². The Morgan fingerprint density at radius 1 is 0.741 bits per heavy atom. The first-order chi connectivity index (χ1) is 12.7. The van der Waals surface area contributed by atoms with Crippen molar-refractivity contribution in [2.45, 2.75) is 33.7 Å². The molecule has 7 nitrogen and oxygen atoms in total. The van der Waals surface area contributed by atoms with Gasteiger partial charge in [0.05, 0.1) is 9.79 Å². The Labute approximate surface area is 157 Å². The topological polar surface area (TPSA) is 108 Å². The van der Waals surface area contributed by atoms with Crippen LogP contribution in [0.5, 0.6) is 0 Å². The fourth-order valence-corrected chi connectivity index (χ4v) is 5.53. The van der Waals surface area contributed by atoms with Crippen molar-refractivity contribution in [1.82, 2.24) is 5.10 Å². The molecular formula is C18H16N2O5S2. The second kappa shape index (κ2) is 6.75. The predicted octanol–water partition coefficient (Wildman–Crippen LogP) is 2.00. The molecule has 0 unspecified atom stereocenters. The molecule has 0 aliphatic heterocycles. The summed E-state index contributed by atoms with van der Waals surface area (Å²) in [5.74, 6) is 0. The number of hydrogen-bond donors (Lipinski definition) is 0. The molecule has 0 atom stereocenters. The van der Waals surface area contributed by atoms with Crippen molar-refractivity contribution in [2.24, 2.45) is 0 Å². The van der Waals surface area contributed by atoms with Crippen LogP contribution in [0, 0.1) is 19.1 Å². The molecular weight excluding hydrogens is 388 g/mol. The van der Waals surface area contributed by atoms with E-state index in [2.05, 4.69) is 5.10 Å². The Kier molecular flexibility index (Phi) is 4.75. The molecule has 0 spiro atoms. The number of hydrogen-bond acceptors (Lipinski definition) is 6. The highest BCUT2D eigenvalue weighted by Gasteiger charge is 2.32. The summed E-state index contributed by atoms with van der Waals surface area (Å²) in [6, 6.07) is 14.5. The first-order valence-corrected chi connectivity index (χ1v) is 10.8. The van der Waals surface area contributed by atoms with Crippen LogP contribution in [0.1, 0.15) is 11.1 Å². The minimum Gasteiger partial charge on any atom is -0.593 e. The smallest absolute Gasteiger partial charge is 0.339 e. The fraction of sp³-hybridized carbons (Fsp3) is 0.111. The fourth-order valence-electron chi connectivity index (χ4n) is 2.66. The van der Waals surface area contributed by atoms with E-state index in [1.54, 1.807) is 50.2 Å². The molecule has 0 radical (unpaired) electrons. The van der Waals surface area contributed by atoms with E-state index in [1.165, 1.54) is 12.1 Å². The normalized spacial score (nSPS) is 12.1. The second-order valence-corrected chi connectivity index (χ2v) is 9.65. The summed E-state index contributed by atoms with van der Waals surface area (Å²) in [5, 5.41) is 14.6. The second-order valence-electron chi connectivity index (χ2n) is 5.92. The van der Waals surface area contributed by atoms with Gasteiger partial charge < -0.3 is 5.21 Å². The number of nitrogens with zero attached hydrogens (tertiary/aromatic N) is 2. The summed E-state index contributed by atoms with van der Waals surface area (Å²) >= 11 is 0. The highest BCUT2D eigenvalue weighted by molar-refractivity contribution is 7.91. The van der Waals surface area contributed by atoms with Gasteiger partial charge in [0.15, 0.2) is 0 Å². The molecule has 0 aliphatic rings. The van der Waals surface area contributed by atoms with E-state index in [9.17, 15) is 22.0 Å². The molecule has 1 aromatic heterocycles. The zero-order chi connectivity index (χ0) is 19.8. The Morgan fingerprint density at radius 3 is 1.70 bits per heavy atom. The molecule has 1 heterocycles. The van der Waals surface area contributed by atoms with Gasteiger partial charge in [-0.25, -0.2) is 16.8 Å². The first-order valence-electron chi connectivity index (χ1n) is 7.88. The van der Waals surface area contributed by atoms with E-state index in [0.717, 1.165) is 12.1 Å². The molecule has 0 fully saturated rings. The van der Waals surface area contributed by atoms with E-state index >= 15 is 0 Å². The third-order valence-corrected chi connectivity index (χ3v) is 7.75. The van der Waals surface area contributed by atoms with Gasteiger partial charge in [-0.05, 0) is 48.0 Å². The summed E-state index contributed by atoms with van der Waals surface area (Å²) in [5.41, 5.74) is 0.961. The molecule has 0 bridgehead atoms. The molecule has 2 aromatic carbocycles. The van der Waals surface area contributed by atoms with Crippen LogP contribution in [0.2, 0.25) is 0 Å². The summed E-state index contributed by atoms with van der Waals surface area (Å²) in [4.78, 5) is -0.189. The van der Waals surface area contributed by atoms with Crippen molar-refractivity contribution < 1.29 is 21.7 Å². The van der Waals surface area contributed by atoms with Crippen LogP contribution < -0.4 is 4.85 Å². The monoisotopic (exact) mass is 404 g/mol. The van der Waals surface area contributed by atoms with Crippen molar-refractivity contribution in [3.8, 4) is 0 Å². The number of rotatable bonds is 4. The van der Waals surface area contributed by atoms with Gasteiger partial charge in [-0.3, -0.25) is 0 Å². The number of aryl methyl sites for hydroxylation is 2.